The van der Waals surface area contributed by atoms with Gasteiger partial charge < -0.3 is 20.2 Å². The van der Waals surface area contributed by atoms with Crippen molar-refractivity contribution in [3.8, 4) is 6.07 Å². The van der Waals surface area contributed by atoms with Crippen LogP contribution < -0.4 is 5.32 Å². The minimum absolute atomic E-state index is 0.0481. The predicted molar refractivity (Wildman–Crippen MR) is 124 cm³/mol. The molecule has 2 N–H and O–H groups in total. The first-order valence-corrected chi connectivity index (χ1v) is 12.5. The molecule has 5 atom stereocenters. The molecular formula is C25H29ClN4O4. The first-order valence-electron chi connectivity index (χ1n) is 12.1. The summed E-state index contributed by atoms with van der Waals surface area (Å²) in [7, 11) is 0. The lowest BCUT2D eigenvalue weighted by Crippen LogP contribution is -2.57. The SMILES string of the molecule is N#C[C@H]1[C@H](c2cccc(Cl)c2)CN(C(=O)[C@@H]2CC[C@@H]3CCCC[C@H](NC(=O)O)C(=O)N32)C12CC2. The molecule has 3 amide bonds. The van der Waals surface area contributed by atoms with Gasteiger partial charge in [0.05, 0.1) is 17.5 Å². The molecule has 0 radical (unpaired) electrons. The van der Waals surface area contributed by atoms with Gasteiger partial charge >= 0.3 is 6.09 Å². The van der Waals surface area contributed by atoms with Crippen molar-refractivity contribution in [1.82, 2.24) is 15.1 Å². The lowest BCUT2D eigenvalue weighted by Gasteiger charge is -2.37. The van der Waals surface area contributed by atoms with Gasteiger partial charge in [-0.3, -0.25) is 9.59 Å². The summed E-state index contributed by atoms with van der Waals surface area (Å²) in [5, 5.41) is 22.3. The van der Waals surface area contributed by atoms with E-state index in [1.807, 2.05) is 23.1 Å². The zero-order valence-electron chi connectivity index (χ0n) is 19.0. The van der Waals surface area contributed by atoms with Gasteiger partial charge in [-0.1, -0.05) is 36.6 Å². The molecule has 4 aliphatic rings. The van der Waals surface area contributed by atoms with Gasteiger partial charge in [0.1, 0.15) is 12.1 Å². The van der Waals surface area contributed by atoms with Crippen LogP contribution in [-0.4, -0.2) is 63.0 Å². The van der Waals surface area contributed by atoms with Gasteiger partial charge in [-0.2, -0.15) is 5.26 Å². The summed E-state index contributed by atoms with van der Waals surface area (Å²) in [6.45, 7) is 0.428. The number of benzene rings is 1. The van der Waals surface area contributed by atoms with Crippen LogP contribution in [0.2, 0.25) is 5.02 Å². The third-order valence-corrected chi connectivity index (χ3v) is 8.50. The van der Waals surface area contributed by atoms with Crippen LogP contribution >= 0.6 is 11.6 Å². The van der Waals surface area contributed by atoms with Crippen LogP contribution in [0.25, 0.3) is 0 Å². The monoisotopic (exact) mass is 484 g/mol. The highest BCUT2D eigenvalue weighted by atomic mass is 35.5. The number of rotatable bonds is 3. The summed E-state index contributed by atoms with van der Waals surface area (Å²) in [6, 6.07) is 8.49. The van der Waals surface area contributed by atoms with Gasteiger partial charge in [0, 0.05) is 23.5 Å². The lowest BCUT2D eigenvalue weighted by molar-refractivity contribution is -0.148. The number of halogens is 1. The normalized spacial score (nSPS) is 32.0. The Balaban J connectivity index is 1.43. The fourth-order valence-corrected chi connectivity index (χ4v) is 6.73. The second-order valence-corrected chi connectivity index (χ2v) is 10.5. The molecule has 0 unspecified atom stereocenters. The van der Waals surface area contributed by atoms with Gasteiger partial charge in [-0.05, 0) is 56.2 Å². The summed E-state index contributed by atoms with van der Waals surface area (Å²) in [5.74, 6) is -0.851. The van der Waals surface area contributed by atoms with Crippen LogP contribution in [-0.2, 0) is 9.59 Å². The number of hydrogen-bond donors (Lipinski definition) is 2. The first-order chi connectivity index (χ1) is 16.4. The first kappa shape index (κ1) is 23.0. The number of likely N-dealkylation sites (tertiary alicyclic amines) is 1. The molecule has 3 heterocycles. The zero-order valence-corrected chi connectivity index (χ0v) is 19.7. The average molecular weight is 485 g/mol. The third-order valence-electron chi connectivity index (χ3n) is 8.26. The summed E-state index contributed by atoms with van der Waals surface area (Å²) in [6.07, 6.45) is 4.58. The van der Waals surface area contributed by atoms with Crippen LogP contribution in [0.3, 0.4) is 0 Å². The number of carbonyl (C=O) groups excluding carboxylic acids is 2. The van der Waals surface area contributed by atoms with E-state index in [0.29, 0.717) is 24.4 Å². The highest BCUT2D eigenvalue weighted by molar-refractivity contribution is 6.30. The molecule has 0 bridgehead atoms. The number of nitrogens with zero attached hydrogens (tertiary/aromatic N) is 3. The van der Waals surface area contributed by atoms with E-state index in [4.69, 9.17) is 11.6 Å². The van der Waals surface area contributed by atoms with E-state index in [0.717, 1.165) is 44.1 Å². The van der Waals surface area contributed by atoms with Gasteiger partial charge in [0.2, 0.25) is 11.8 Å². The molecule has 1 aromatic carbocycles. The van der Waals surface area contributed by atoms with E-state index in [1.54, 1.807) is 11.0 Å². The van der Waals surface area contributed by atoms with E-state index < -0.39 is 23.7 Å². The Morgan fingerprint density at radius 1 is 1.18 bits per heavy atom. The second kappa shape index (κ2) is 8.77. The number of nitrogens with one attached hydrogen (secondary N) is 1. The molecule has 3 saturated heterocycles. The topological polar surface area (TPSA) is 114 Å². The maximum absolute atomic E-state index is 14.0. The van der Waals surface area contributed by atoms with Crippen molar-refractivity contribution in [3.63, 3.8) is 0 Å². The van der Waals surface area contributed by atoms with Crippen LogP contribution in [0.4, 0.5) is 4.79 Å². The third kappa shape index (κ3) is 3.80. The van der Waals surface area contributed by atoms with Crippen LogP contribution in [0.5, 0.6) is 0 Å². The van der Waals surface area contributed by atoms with Gasteiger partial charge in [-0.25, -0.2) is 4.79 Å². The fourth-order valence-electron chi connectivity index (χ4n) is 6.53. The molecule has 0 aromatic heterocycles. The van der Waals surface area contributed by atoms with Crippen LogP contribution in [0, 0.1) is 17.2 Å². The van der Waals surface area contributed by atoms with Crippen LogP contribution in [0.1, 0.15) is 62.8 Å². The van der Waals surface area contributed by atoms with E-state index >= 15 is 0 Å². The van der Waals surface area contributed by atoms with Crippen molar-refractivity contribution in [3.05, 3.63) is 34.9 Å². The van der Waals surface area contributed by atoms with Crippen molar-refractivity contribution in [1.29, 1.82) is 5.26 Å². The molecule has 3 aliphatic heterocycles. The predicted octanol–water partition coefficient (Wildman–Crippen LogP) is 3.51. The Morgan fingerprint density at radius 2 is 1.94 bits per heavy atom. The number of hydrogen-bond acceptors (Lipinski definition) is 4. The summed E-state index contributed by atoms with van der Waals surface area (Å²) >= 11 is 6.22. The standard InChI is InChI=1S/C25H29ClN4O4/c26-16-5-3-4-15(12-16)18-14-29(25(10-11-25)19(18)13-27)23(32)21-9-8-17-6-1-2-7-20(28-24(33)34)22(31)30(17)21/h3-5,12,17-21,28H,1-2,6-11,14H2,(H,33,34)/t17-,18-,19-,20-,21-/m0/s1. The quantitative estimate of drug-likeness (QED) is 0.681. The fraction of sp³-hybridized carbons (Fsp3) is 0.600. The van der Waals surface area contributed by atoms with Gasteiger partial charge in [-0.15, -0.1) is 0 Å². The van der Waals surface area contributed by atoms with Crippen molar-refractivity contribution in [2.75, 3.05) is 6.54 Å². The second-order valence-electron chi connectivity index (χ2n) is 10.1. The summed E-state index contributed by atoms with van der Waals surface area (Å²) < 4.78 is 0. The maximum atomic E-state index is 14.0. The molecular weight excluding hydrogens is 456 g/mol. The minimum Gasteiger partial charge on any atom is -0.465 e. The van der Waals surface area contributed by atoms with E-state index in [1.165, 1.54) is 0 Å². The van der Waals surface area contributed by atoms with Crippen molar-refractivity contribution < 1.29 is 19.5 Å². The van der Waals surface area contributed by atoms with Crippen molar-refractivity contribution in [2.45, 2.75) is 80.9 Å². The summed E-state index contributed by atoms with van der Waals surface area (Å²) in [4.78, 5) is 42.3. The van der Waals surface area contributed by atoms with E-state index in [9.17, 15) is 24.8 Å². The Morgan fingerprint density at radius 3 is 2.62 bits per heavy atom. The molecule has 1 aliphatic carbocycles. The molecule has 34 heavy (non-hydrogen) atoms. The molecule has 5 rings (SSSR count). The van der Waals surface area contributed by atoms with Crippen molar-refractivity contribution >= 4 is 29.5 Å². The molecule has 1 spiro atoms. The highest BCUT2D eigenvalue weighted by Gasteiger charge is 2.64. The van der Waals surface area contributed by atoms with E-state index in [-0.39, 0.29) is 29.7 Å². The van der Waals surface area contributed by atoms with E-state index in [2.05, 4.69) is 11.4 Å². The Kier molecular flexibility index (Phi) is 5.93. The number of nitriles is 1. The van der Waals surface area contributed by atoms with Gasteiger partial charge in [0.15, 0.2) is 0 Å². The van der Waals surface area contributed by atoms with Gasteiger partial charge in [0.25, 0.3) is 0 Å². The molecule has 9 heteroatoms. The molecule has 180 valence electrons. The Bertz CT molecular complexity index is 1050. The lowest BCUT2D eigenvalue weighted by atomic mass is 9.85. The zero-order chi connectivity index (χ0) is 24.0. The molecule has 4 fully saturated rings. The van der Waals surface area contributed by atoms with Crippen LogP contribution in [0.15, 0.2) is 24.3 Å². The number of carbonyl (C=O) groups is 3. The highest BCUT2D eigenvalue weighted by Crippen LogP contribution is 2.58. The Hall–Kier alpha value is -2.79. The molecule has 1 saturated carbocycles. The average Bonchev–Trinajstić information content (AvgIpc) is 3.36. The molecule has 1 aromatic rings. The molecule has 8 nitrogen and oxygen atoms in total. The largest absolute Gasteiger partial charge is 0.465 e. The Labute approximate surface area is 203 Å². The minimum atomic E-state index is -1.23. The maximum Gasteiger partial charge on any atom is 0.405 e. The number of amides is 3. The summed E-state index contributed by atoms with van der Waals surface area (Å²) in [5.41, 5.74) is 0.472. The number of fused-ring (bicyclic) bond motifs is 1. The smallest absolute Gasteiger partial charge is 0.405 e. The van der Waals surface area contributed by atoms with Crippen molar-refractivity contribution in [2.24, 2.45) is 5.92 Å². The number of carboxylic acid groups (broad SMARTS) is 1.